The van der Waals surface area contributed by atoms with Gasteiger partial charge in [-0.25, -0.2) is 0 Å². The number of H-pyrrole nitrogens is 1. The molecule has 1 N–H and O–H groups in total. The van der Waals surface area contributed by atoms with Crippen LogP contribution in [0.4, 0.5) is 0 Å². The number of hydrogen-bond donors (Lipinski definition) is 1. The molecule has 0 radical (unpaired) electrons. The summed E-state index contributed by atoms with van der Waals surface area (Å²) in [6.07, 6.45) is 0.412. The molecule has 0 amide bonds. The molecule has 0 spiro atoms. The summed E-state index contributed by atoms with van der Waals surface area (Å²) in [5.41, 5.74) is 1.89. The molecule has 0 unspecified atom stereocenters. The second kappa shape index (κ2) is 3.19. The van der Waals surface area contributed by atoms with Crippen molar-refractivity contribution in [2.45, 2.75) is 6.42 Å². The maximum atomic E-state index is 8.61. The molecule has 2 rings (SSSR count). The lowest BCUT2D eigenvalue weighted by Gasteiger charge is -1.95. The van der Waals surface area contributed by atoms with Gasteiger partial charge in [0, 0.05) is 5.39 Å². The van der Waals surface area contributed by atoms with Gasteiger partial charge >= 0.3 is 0 Å². The van der Waals surface area contributed by atoms with Crippen molar-refractivity contribution < 1.29 is 0 Å². The normalized spacial score (nSPS) is 10.2. The van der Waals surface area contributed by atoms with Crippen LogP contribution in [-0.4, -0.2) is 10.2 Å². The molecule has 1 heterocycles. The van der Waals surface area contributed by atoms with E-state index >= 15 is 0 Å². The molecule has 0 bridgehead atoms. The van der Waals surface area contributed by atoms with Crippen LogP contribution in [0, 0.1) is 11.3 Å². The van der Waals surface area contributed by atoms with Gasteiger partial charge in [0.25, 0.3) is 0 Å². The lowest BCUT2D eigenvalue weighted by molar-refractivity contribution is 1.10. The summed E-state index contributed by atoms with van der Waals surface area (Å²) in [6.45, 7) is 0. The number of aromatic nitrogens is 2. The Kier molecular flexibility index (Phi) is 2.03. The van der Waals surface area contributed by atoms with Gasteiger partial charge in [0.15, 0.2) is 0 Å². The van der Waals surface area contributed by atoms with E-state index in [9.17, 15) is 0 Å². The molecule has 0 fully saturated rings. The average molecular weight is 236 g/mol. The van der Waals surface area contributed by atoms with Gasteiger partial charge in [-0.3, -0.25) is 5.10 Å². The van der Waals surface area contributed by atoms with Gasteiger partial charge in [0.1, 0.15) is 4.60 Å². The van der Waals surface area contributed by atoms with Gasteiger partial charge in [-0.2, -0.15) is 10.4 Å². The van der Waals surface area contributed by atoms with Crippen molar-refractivity contribution in [2.75, 3.05) is 0 Å². The van der Waals surface area contributed by atoms with Crippen molar-refractivity contribution in [3.8, 4) is 6.07 Å². The minimum absolute atomic E-state index is 0.412. The molecule has 0 saturated heterocycles. The molecule has 13 heavy (non-hydrogen) atoms. The fraction of sp³-hybridized carbons (Fsp3) is 0.111. The van der Waals surface area contributed by atoms with E-state index in [1.807, 2.05) is 18.2 Å². The van der Waals surface area contributed by atoms with Crippen molar-refractivity contribution in [1.29, 1.82) is 5.26 Å². The van der Waals surface area contributed by atoms with Gasteiger partial charge in [-0.1, -0.05) is 12.1 Å². The summed E-state index contributed by atoms with van der Waals surface area (Å²) in [6, 6.07) is 7.89. The Balaban J connectivity index is 2.74. The Hall–Kier alpha value is -1.34. The van der Waals surface area contributed by atoms with E-state index in [0.29, 0.717) is 6.42 Å². The second-order valence-electron chi connectivity index (χ2n) is 2.68. The summed E-state index contributed by atoms with van der Waals surface area (Å²) >= 11 is 3.36. The number of halogens is 1. The highest BCUT2D eigenvalue weighted by Gasteiger charge is 2.06. The predicted molar refractivity (Wildman–Crippen MR) is 53.1 cm³/mol. The summed E-state index contributed by atoms with van der Waals surface area (Å²) < 4.78 is 0.841. The van der Waals surface area contributed by atoms with E-state index in [1.165, 1.54) is 0 Å². The van der Waals surface area contributed by atoms with Crippen LogP contribution in [0.3, 0.4) is 0 Å². The van der Waals surface area contributed by atoms with Gasteiger partial charge in [0.05, 0.1) is 18.0 Å². The van der Waals surface area contributed by atoms with E-state index in [0.717, 1.165) is 21.1 Å². The Bertz CT molecular complexity index is 481. The van der Waals surface area contributed by atoms with Crippen molar-refractivity contribution in [2.24, 2.45) is 0 Å². The first-order chi connectivity index (χ1) is 6.33. The zero-order valence-corrected chi connectivity index (χ0v) is 8.30. The van der Waals surface area contributed by atoms with Crippen molar-refractivity contribution in [3.63, 3.8) is 0 Å². The number of fused-ring (bicyclic) bond motifs is 1. The fourth-order valence-corrected chi connectivity index (χ4v) is 1.88. The Labute approximate surface area is 83.5 Å². The minimum atomic E-state index is 0.412. The summed E-state index contributed by atoms with van der Waals surface area (Å²) in [5, 5.41) is 16.5. The molecular weight excluding hydrogens is 230 g/mol. The van der Waals surface area contributed by atoms with Crippen LogP contribution in [0.5, 0.6) is 0 Å². The van der Waals surface area contributed by atoms with E-state index in [4.69, 9.17) is 5.26 Å². The third-order valence-electron chi connectivity index (χ3n) is 1.89. The van der Waals surface area contributed by atoms with Gasteiger partial charge < -0.3 is 0 Å². The smallest absolute Gasteiger partial charge is 0.109 e. The standard InChI is InChI=1S/C9H6BrN3/c10-9-8-6(4-5-11)2-1-3-7(8)12-13-9/h1-3H,4H2,(H,12,13). The summed E-state index contributed by atoms with van der Waals surface area (Å²) in [4.78, 5) is 0. The third kappa shape index (κ3) is 1.31. The number of aromatic amines is 1. The zero-order chi connectivity index (χ0) is 9.26. The van der Waals surface area contributed by atoms with Crippen LogP contribution in [-0.2, 0) is 6.42 Å². The molecule has 0 aliphatic carbocycles. The molecule has 2 aromatic rings. The van der Waals surface area contributed by atoms with Crippen LogP contribution < -0.4 is 0 Å². The molecule has 64 valence electrons. The van der Waals surface area contributed by atoms with Crippen molar-refractivity contribution in [1.82, 2.24) is 10.2 Å². The maximum Gasteiger partial charge on any atom is 0.109 e. The van der Waals surface area contributed by atoms with Gasteiger partial charge in [-0.05, 0) is 27.6 Å². The SMILES string of the molecule is N#CCc1cccc2n[nH]c(Br)c12. The molecule has 0 aliphatic rings. The Morgan fingerprint density at radius 1 is 1.54 bits per heavy atom. The van der Waals surface area contributed by atoms with E-state index < -0.39 is 0 Å². The highest BCUT2D eigenvalue weighted by atomic mass is 79.9. The Morgan fingerprint density at radius 3 is 3.15 bits per heavy atom. The molecule has 1 aromatic carbocycles. The second-order valence-corrected chi connectivity index (χ2v) is 3.48. The molecular formula is C9H6BrN3. The van der Waals surface area contributed by atoms with Crippen LogP contribution >= 0.6 is 15.9 Å². The van der Waals surface area contributed by atoms with Crippen LogP contribution in [0.2, 0.25) is 0 Å². The lowest BCUT2D eigenvalue weighted by atomic mass is 10.1. The number of nitrogens with zero attached hydrogens (tertiary/aromatic N) is 2. The maximum absolute atomic E-state index is 8.61. The molecule has 3 nitrogen and oxygen atoms in total. The highest BCUT2D eigenvalue weighted by molar-refractivity contribution is 9.10. The first-order valence-corrected chi connectivity index (χ1v) is 4.60. The summed E-state index contributed by atoms with van der Waals surface area (Å²) in [7, 11) is 0. The monoisotopic (exact) mass is 235 g/mol. The lowest BCUT2D eigenvalue weighted by Crippen LogP contribution is -1.82. The number of nitriles is 1. The van der Waals surface area contributed by atoms with Crippen LogP contribution in [0.1, 0.15) is 5.56 Å². The number of benzene rings is 1. The van der Waals surface area contributed by atoms with E-state index in [-0.39, 0.29) is 0 Å². The van der Waals surface area contributed by atoms with Crippen LogP contribution in [0.25, 0.3) is 10.9 Å². The van der Waals surface area contributed by atoms with Crippen molar-refractivity contribution in [3.05, 3.63) is 28.4 Å². The molecule has 1 aromatic heterocycles. The van der Waals surface area contributed by atoms with Gasteiger partial charge in [0.2, 0.25) is 0 Å². The Morgan fingerprint density at radius 2 is 2.38 bits per heavy atom. The first-order valence-electron chi connectivity index (χ1n) is 3.81. The van der Waals surface area contributed by atoms with Crippen LogP contribution in [0.15, 0.2) is 22.8 Å². The largest absolute Gasteiger partial charge is 0.270 e. The zero-order valence-electron chi connectivity index (χ0n) is 6.71. The number of nitrogens with one attached hydrogen (secondary N) is 1. The highest BCUT2D eigenvalue weighted by Crippen LogP contribution is 2.24. The fourth-order valence-electron chi connectivity index (χ4n) is 1.33. The summed E-state index contributed by atoms with van der Waals surface area (Å²) in [5.74, 6) is 0. The van der Waals surface area contributed by atoms with Crippen molar-refractivity contribution >= 4 is 26.8 Å². The van der Waals surface area contributed by atoms with E-state index in [1.54, 1.807) is 0 Å². The average Bonchev–Trinajstić information content (AvgIpc) is 2.50. The predicted octanol–water partition coefficient (Wildman–Crippen LogP) is 2.39. The molecule has 0 aliphatic heterocycles. The quantitative estimate of drug-likeness (QED) is 0.826. The minimum Gasteiger partial charge on any atom is -0.270 e. The molecule has 4 heteroatoms. The third-order valence-corrected chi connectivity index (χ3v) is 2.47. The molecule has 0 saturated carbocycles. The first kappa shape index (κ1) is 8.27. The molecule has 0 atom stereocenters. The number of hydrogen-bond acceptors (Lipinski definition) is 2. The topological polar surface area (TPSA) is 52.5 Å². The number of rotatable bonds is 1. The van der Waals surface area contributed by atoms with E-state index in [2.05, 4.69) is 32.2 Å². The van der Waals surface area contributed by atoms with Gasteiger partial charge in [-0.15, -0.1) is 0 Å².